The van der Waals surface area contributed by atoms with Gasteiger partial charge in [0.2, 0.25) is 0 Å². The maximum absolute atomic E-state index is 11.4. The Bertz CT molecular complexity index is 217. The zero-order valence-electron chi connectivity index (χ0n) is 9.03. The van der Waals surface area contributed by atoms with Crippen LogP contribution in [0.3, 0.4) is 0 Å². The predicted octanol–water partition coefficient (Wildman–Crippen LogP) is 1.01. The van der Waals surface area contributed by atoms with E-state index in [-0.39, 0.29) is 17.5 Å². The van der Waals surface area contributed by atoms with Crippen LogP contribution >= 0.6 is 0 Å². The Morgan fingerprint density at radius 3 is 2.08 bits per heavy atom. The zero-order chi connectivity index (χ0) is 10.4. The van der Waals surface area contributed by atoms with Gasteiger partial charge in [-0.2, -0.15) is 0 Å². The Kier molecular flexibility index (Phi) is 2.41. The molecule has 0 aromatic rings. The van der Waals surface area contributed by atoms with Crippen molar-refractivity contribution in [1.29, 1.82) is 0 Å². The lowest BCUT2D eigenvalue weighted by Crippen LogP contribution is -2.71. The molecule has 0 bridgehead atoms. The summed E-state index contributed by atoms with van der Waals surface area (Å²) in [5.41, 5.74) is -0.175. The summed E-state index contributed by atoms with van der Waals surface area (Å²) in [5, 5.41) is 9.49. The monoisotopic (exact) mass is 185 g/mol. The number of carbonyl (C=O) groups is 1. The maximum Gasteiger partial charge on any atom is 0.254 e. The molecule has 0 aromatic carbocycles. The van der Waals surface area contributed by atoms with E-state index in [2.05, 4.69) is 0 Å². The summed E-state index contributed by atoms with van der Waals surface area (Å²) < 4.78 is 0. The second-order valence-electron chi connectivity index (χ2n) is 5.06. The first-order valence-corrected chi connectivity index (χ1v) is 4.78. The van der Waals surface area contributed by atoms with E-state index in [9.17, 15) is 9.90 Å². The average Bonchev–Trinajstić information content (AvgIpc) is 1.94. The third-order valence-corrected chi connectivity index (χ3v) is 2.52. The van der Waals surface area contributed by atoms with Crippen LogP contribution in [0.4, 0.5) is 0 Å². The van der Waals surface area contributed by atoms with Crippen molar-refractivity contribution in [2.24, 2.45) is 5.92 Å². The SMILES string of the molecule is CC(C)[C@H]1[C@@H](O)C(=O)N1C(C)(C)C. The minimum Gasteiger partial charge on any atom is -0.381 e. The first-order valence-electron chi connectivity index (χ1n) is 4.78. The molecule has 1 rings (SSSR count). The molecule has 0 radical (unpaired) electrons. The molecule has 3 nitrogen and oxygen atoms in total. The molecule has 1 N–H and O–H groups in total. The normalized spacial score (nSPS) is 29.5. The summed E-state index contributed by atoms with van der Waals surface area (Å²) in [4.78, 5) is 13.2. The van der Waals surface area contributed by atoms with E-state index in [1.807, 2.05) is 34.6 Å². The number of carbonyl (C=O) groups excluding carboxylic acids is 1. The number of nitrogens with zero attached hydrogens (tertiary/aromatic N) is 1. The summed E-state index contributed by atoms with van der Waals surface area (Å²) in [6, 6.07) is -0.00694. The van der Waals surface area contributed by atoms with E-state index in [1.165, 1.54) is 0 Å². The molecule has 0 saturated carbocycles. The fourth-order valence-electron chi connectivity index (χ4n) is 1.94. The van der Waals surface area contributed by atoms with Gasteiger partial charge in [0.05, 0.1) is 6.04 Å². The molecular weight excluding hydrogens is 166 g/mol. The number of likely N-dealkylation sites (tertiary alicyclic amines) is 1. The minimum atomic E-state index is -0.778. The molecule has 0 aromatic heterocycles. The quantitative estimate of drug-likeness (QED) is 0.619. The van der Waals surface area contributed by atoms with Gasteiger partial charge in [-0.25, -0.2) is 0 Å². The highest BCUT2D eigenvalue weighted by molar-refractivity contribution is 5.88. The molecule has 1 amide bonds. The molecule has 2 atom stereocenters. The average molecular weight is 185 g/mol. The van der Waals surface area contributed by atoms with Crippen LogP contribution in [0, 0.1) is 5.92 Å². The van der Waals surface area contributed by atoms with Crippen molar-refractivity contribution in [2.75, 3.05) is 0 Å². The molecular formula is C10H19NO2. The molecule has 76 valence electrons. The van der Waals surface area contributed by atoms with Crippen LogP contribution in [0.25, 0.3) is 0 Å². The molecule has 13 heavy (non-hydrogen) atoms. The van der Waals surface area contributed by atoms with E-state index in [4.69, 9.17) is 0 Å². The molecule has 1 aliphatic heterocycles. The number of rotatable bonds is 1. The van der Waals surface area contributed by atoms with Crippen LogP contribution in [-0.2, 0) is 4.79 Å². The highest BCUT2D eigenvalue weighted by Crippen LogP contribution is 2.33. The van der Waals surface area contributed by atoms with E-state index in [0.717, 1.165) is 0 Å². The molecule has 1 heterocycles. The first-order chi connectivity index (χ1) is 5.76. The fourth-order valence-corrected chi connectivity index (χ4v) is 1.94. The van der Waals surface area contributed by atoms with Gasteiger partial charge in [-0.3, -0.25) is 4.79 Å². The van der Waals surface area contributed by atoms with Crippen molar-refractivity contribution in [1.82, 2.24) is 4.90 Å². The fraction of sp³-hybridized carbons (Fsp3) is 0.900. The predicted molar refractivity (Wildman–Crippen MR) is 51.2 cm³/mol. The summed E-state index contributed by atoms with van der Waals surface area (Å²) in [7, 11) is 0. The second kappa shape index (κ2) is 2.98. The van der Waals surface area contributed by atoms with Gasteiger partial charge in [-0.15, -0.1) is 0 Å². The second-order valence-corrected chi connectivity index (χ2v) is 5.06. The van der Waals surface area contributed by atoms with Crippen molar-refractivity contribution in [2.45, 2.75) is 52.3 Å². The van der Waals surface area contributed by atoms with Gasteiger partial charge in [0.25, 0.3) is 5.91 Å². The van der Waals surface area contributed by atoms with Crippen molar-refractivity contribution in [3.8, 4) is 0 Å². The van der Waals surface area contributed by atoms with Crippen molar-refractivity contribution >= 4 is 5.91 Å². The number of aliphatic hydroxyl groups excluding tert-OH is 1. The van der Waals surface area contributed by atoms with E-state index in [1.54, 1.807) is 4.90 Å². The number of hydrogen-bond acceptors (Lipinski definition) is 2. The number of aliphatic hydroxyl groups is 1. The van der Waals surface area contributed by atoms with Crippen molar-refractivity contribution < 1.29 is 9.90 Å². The highest BCUT2D eigenvalue weighted by Gasteiger charge is 2.51. The van der Waals surface area contributed by atoms with Gasteiger partial charge >= 0.3 is 0 Å². The largest absolute Gasteiger partial charge is 0.381 e. The Morgan fingerprint density at radius 2 is 1.85 bits per heavy atom. The maximum atomic E-state index is 11.4. The van der Waals surface area contributed by atoms with Gasteiger partial charge in [0.1, 0.15) is 0 Å². The summed E-state index contributed by atoms with van der Waals surface area (Å²) in [6.45, 7) is 10.0. The van der Waals surface area contributed by atoms with Gasteiger partial charge in [-0.1, -0.05) is 13.8 Å². The van der Waals surface area contributed by atoms with E-state index >= 15 is 0 Å². The molecule has 1 fully saturated rings. The minimum absolute atomic E-state index is 0.00694. The first kappa shape index (κ1) is 10.5. The molecule has 1 aliphatic rings. The Balaban J connectivity index is 2.81. The Morgan fingerprint density at radius 1 is 1.38 bits per heavy atom. The van der Waals surface area contributed by atoms with Crippen LogP contribution in [0.1, 0.15) is 34.6 Å². The molecule has 0 unspecified atom stereocenters. The molecule has 0 spiro atoms. The van der Waals surface area contributed by atoms with E-state index in [0.29, 0.717) is 5.92 Å². The van der Waals surface area contributed by atoms with Crippen LogP contribution in [0.15, 0.2) is 0 Å². The van der Waals surface area contributed by atoms with Crippen LogP contribution in [0.5, 0.6) is 0 Å². The zero-order valence-corrected chi connectivity index (χ0v) is 9.03. The van der Waals surface area contributed by atoms with Crippen LogP contribution in [-0.4, -0.2) is 33.6 Å². The van der Waals surface area contributed by atoms with Gasteiger partial charge in [0.15, 0.2) is 6.10 Å². The van der Waals surface area contributed by atoms with Gasteiger partial charge in [0, 0.05) is 5.54 Å². The van der Waals surface area contributed by atoms with Gasteiger partial charge in [-0.05, 0) is 26.7 Å². The third kappa shape index (κ3) is 1.57. The van der Waals surface area contributed by atoms with Crippen LogP contribution in [0.2, 0.25) is 0 Å². The van der Waals surface area contributed by atoms with Crippen LogP contribution < -0.4 is 0 Å². The third-order valence-electron chi connectivity index (χ3n) is 2.52. The Hall–Kier alpha value is -0.570. The van der Waals surface area contributed by atoms with Crippen molar-refractivity contribution in [3.63, 3.8) is 0 Å². The highest BCUT2D eigenvalue weighted by atomic mass is 16.3. The smallest absolute Gasteiger partial charge is 0.254 e. The molecule has 0 aliphatic carbocycles. The standard InChI is InChI=1S/C10H19NO2/c1-6(2)7-8(12)9(13)11(7)10(3,4)5/h6-8,12H,1-5H3/t7-,8+/m0/s1. The molecule has 1 saturated heterocycles. The number of hydrogen-bond donors (Lipinski definition) is 1. The lowest BCUT2D eigenvalue weighted by molar-refractivity contribution is -0.181. The summed E-state index contributed by atoms with van der Waals surface area (Å²) in [6.07, 6.45) is -0.778. The topological polar surface area (TPSA) is 40.5 Å². The summed E-state index contributed by atoms with van der Waals surface area (Å²) >= 11 is 0. The molecule has 3 heteroatoms. The lowest BCUT2D eigenvalue weighted by atomic mass is 9.83. The summed E-state index contributed by atoms with van der Waals surface area (Å²) in [5.74, 6) is 0.179. The number of β-lactam (4-membered cyclic amide) rings is 1. The lowest BCUT2D eigenvalue weighted by Gasteiger charge is -2.53. The van der Waals surface area contributed by atoms with E-state index < -0.39 is 6.10 Å². The van der Waals surface area contributed by atoms with Crippen molar-refractivity contribution in [3.05, 3.63) is 0 Å². The Labute approximate surface area is 79.7 Å². The number of amides is 1. The van der Waals surface area contributed by atoms with Gasteiger partial charge < -0.3 is 10.0 Å².